The van der Waals surface area contributed by atoms with Crippen molar-refractivity contribution in [3.63, 3.8) is 0 Å². The van der Waals surface area contributed by atoms with Gasteiger partial charge in [-0.25, -0.2) is 0 Å². The Balaban J connectivity index is 2.20. The van der Waals surface area contributed by atoms with Gasteiger partial charge in [-0.1, -0.05) is 29.8 Å². The molecule has 1 N–H and O–H groups in total. The largest absolute Gasteiger partial charge is 0.384 e. The van der Waals surface area contributed by atoms with Crippen molar-refractivity contribution < 1.29 is 0 Å². The zero-order valence-electron chi connectivity index (χ0n) is 10.7. The van der Waals surface area contributed by atoms with E-state index < -0.39 is 0 Å². The summed E-state index contributed by atoms with van der Waals surface area (Å²) in [6.07, 6.45) is 0. The molecule has 0 aliphatic rings. The number of nitrogens with zero attached hydrogens (tertiary/aromatic N) is 2. The Bertz CT molecular complexity index is 530. The molecule has 0 atom stereocenters. The molecule has 0 aromatic heterocycles. The van der Waals surface area contributed by atoms with E-state index in [4.69, 9.17) is 0 Å². The summed E-state index contributed by atoms with van der Waals surface area (Å²) in [5.74, 6) is 0. The minimum absolute atomic E-state index is 0.861. The fourth-order valence-corrected chi connectivity index (χ4v) is 1.62. The zero-order chi connectivity index (χ0) is 12.8. The molecule has 2 aromatic carbocycles. The van der Waals surface area contributed by atoms with Crippen molar-refractivity contribution in [3.05, 3.63) is 54.1 Å². The number of hydrogen-bond donors (Lipinski definition) is 1. The van der Waals surface area contributed by atoms with Gasteiger partial charge in [0.1, 0.15) is 5.69 Å². The molecule has 0 aliphatic heterocycles. The Hall–Kier alpha value is -2.16. The molecule has 2 aromatic rings. The number of anilines is 1. The molecule has 3 nitrogen and oxygen atoms in total. The SMILES string of the molecule is CCNc1ccccc1N=Nc1ccc(C)cc1. The van der Waals surface area contributed by atoms with Crippen LogP contribution in [0.25, 0.3) is 0 Å². The third-order valence-corrected chi connectivity index (χ3v) is 2.58. The van der Waals surface area contributed by atoms with Crippen LogP contribution < -0.4 is 5.32 Å². The van der Waals surface area contributed by atoms with Gasteiger partial charge in [-0.15, -0.1) is 5.11 Å². The molecule has 0 saturated heterocycles. The Labute approximate surface area is 108 Å². The number of benzene rings is 2. The van der Waals surface area contributed by atoms with Crippen molar-refractivity contribution >= 4 is 17.1 Å². The van der Waals surface area contributed by atoms with Crippen LogP contribution in [0.4, 0.5) is 17.1 Å². The lowest BCUT2D eigenvalue weighted by Gasteiger charge is -2.05. The summed E-state index contributed by atoms with van der Waals surface area (Å²) < 4.78 is 0. The maximum atomic E-state index is 4.29. The molecule has 0 spiro atoms. The van der Waals surface area contributed by atoms with Crippen LogP contribution in [-0.2, 0) is 0 Å². The van der Waals surface area contributed by atoms with Crippen LogP contribution in [0.15, 0.2) is 58.8 Å². The van der Waals surface area contributed by atoms with E-state index >= 15 is 0 Å². The second-order valence-electron chi connectivity index (χ2n) is 4.08. The average molecular weight is 239 g/mol. The molecule has 0 amide bonds. The van der Waals surface area contributed by atoms with Crippen LogP contribution in [0.5, 0.6) is 0 Å². The van der Waals surface area contributed by atoms with Crippen molar-refractivity contribution in [2.24, 2.45) is 10.2 Å². The van der Waals surface area contributed by atoms with Crippen molar-refractivity contribution in [3.8, 4) is 0 Å². The van der Waals surface area contributed by atoms with Gasteiger partial charge in [0.15, 0.2) is 0 Å². The minimum Gasteiger partial charge on any atom is -0.384 e. The van der Waals surface area contributed by atoms with Gasteiger partial charge in [0.2, 0.25) is 0 Å². The van der Waals surface area contributed by atoms with E-state index in [0.717, 1.165) is 23.6 Å². The molecule has 0 saturated carbocycles. The molecule has 0 fully saturated rings. The summed E-state index contributed by atoms with van der Waals surface area (Å²) >= 11 is 0. The van der Waals surface area contributed by atoms with E-state index in [1.807, 2.05) is 48.5 Å². The molecule has 0 unspecified atom stereocenters. The van der Waals surface area contributed by atoms with Crippen LogP contribution in [0.2, 0.25) is 0 Å². The molecule has 18 heavy (non-hydrogen) atoms. The molecular weight excluding hydrogens is 222 g/mol. The number of rotatable bonds is 4. The van der Waals surface area contributed by atoms with Crippen LogP contribution in [0.3, 0.4) is 0 Å². The van der Waals surface area contributed by atoms with E-state index in [9.17, 15) is 0 Å². The lowest BCUT2D eigenvalue weighted by atomic mass is 10.2. The molecule has 3 heteroatoms. The van der Waals surface area contributed by atoms with Crippen LogP contribution >= 0.6 is 0 Å². The van der Waals surface area contributed by atoms with E-state index in [1.54, 1.807) is 0 Å². The standard InChI is InChI=1S/C15H17N3/c1-3-16-14-6-4-5-7-15(14)18-17-13-10-8-12(2)9-11-13/h4-11,16H,3H2,1-2H3. The molecule has 92 valence electrons. The predicted octanol–water partition coefficient (Wildman–Crippen LogP) is 4.84. The monoisotopic (exact) mass is 239 g/mol. The summed E-state index contributed by atoms with van der Waals surface area (Å²) in [6, 6.07) is 15.9. The lowest BCUT2D eigenvalue weighted by molar-refractivity contribution is 1.18. The summed E-state index contributed by atoms with van der Waals surface area (Å²) in [4.78, 5) is 0. The smallest absolute Gasteiger partial charge is 0.109 e. The van der Waals surface area contributed by atoms with Gasteiger partial charge in [-0.2, -0.15) is 5.11 Å². The normalized spacial score (nSPS) is 10.8. The Morgan fingerprint density at radius 3 is 2.39 bits per heavy atom. The predicted molar refractivity (Wildman–Crippen MR) is 76.0 cm³/mol. The Morgan fingerprint density at radius 1 is 0.944 bits per heavy atom. The number of azo groups is 1. The first-order valence-corrected chi connectivity index (χ1v) is 6.11. The van der Waals surface area contributed by atoms with Crippen molar-refractivity contribution in [2.45, 2.75) is 13.8 Å². The summed E-state index contributed by atoms with van der Waals surface area (Å²) in [7, 11) is 0. The number of aryl methyl sites for hydroxylation is 1. The third-order valence-electron chi connectivity index (χ3n) is 2.58. The highest BCUT2D eigenvalue weighted by atomic mass is 15.1. The minimum atomic E-state index is 0.861. The number of hydrogen-bond acceptors (Lipinski definition) is 3. The maximum Gasteiger partial charge on any atom is 0.109 e. The number of para-hydroxylation sites is 1. The van der Waals surface area contributed by atoms with Gasteiger partial charge in [0, 0.05) is 6.54 Å². The average Bonchev–Trinajstić information content (AvgIpc) is 2.40. The van der Waals surface area contributed by atoms with Crippen molar-refractivity contribution in [1.29, 1.82) is 0 Å². The molecule has 2 rings (SSSR count). The first-order valence-electron chi connectivity index (χ1n) is 6.11. The van der Waals surface area contributed by atoms with E-state index in [-0.39, 0.29) is 0 Å². The van der Waals surface area contributed by atoms with E-state index in [1.165, 1.54) is 5.56 Å². The second-order valence-corrected chi connectivity index (χ2v) is 4.08. The quantitative estimate of drug-likeness (QED) is 0.761. The van der Waals surface area contributed by atoms with Gasteiger partial charge in [0.25, 0.3) is 0 Å². The van der Waals surface area contributed by atoms with Gasteiger partial charge in [-0.05, 0) is 38.1 Å². The summed E-state index contributed by atoms with van der Waals surface area (Å²) in [6.45, 7) is 4.99. The third kappa shape index (κ3) is 3.17. The van der Waals surface area contributed by atoms with Gasteiger partial charge in [-0.3, -0.25) is 0 Å². The Kier molecular flexibility index (Phi) is 4.07. The molecular formula is C15H17N3. The molecule has 0 radical (unpaired) electrons. The van der Waals surface area contributed by atoms with Gasteiger partial charge >= 0.3 is 0 Å². The zero-order valence-corrected chi connectivity index (χ0v) is 10.7. The fraction of sp³-hybridized carbons (Fsp3) is 0.200. The second kappa shape index (κ2) is 5.96. The van der Waals surface area contributed by atoms with E-state index in [0.29, 0.717) is 0 Å². The number of nitrogens with one attached hydrogen (secondary N) is 1. The van der Waals surface area contributed by atoms with Crippen LogP contribution in [0.1, 0.15) is 12.5 Å². The highest BCUT2D eigenvalue weighted by Gasteiger charge is 1.98. The van der Waals surface area contributed by atoms with Gasteiger partial charge in [0.05, 0.1) is 11.4 Å². The first-order chi connectivity index (χ1) is 8.79. The van der Waals surface area contributed by atoms with Crippen LogP contribution in [0, 0.1) is 6.92 Å². The van der Waals surface area contributed by atoms with Gasteiger partial charge < -0.3 is 5.32 Å². The molecule has 0 bridgehead atoms. The van der Waals surface area contributed by atoms with Crippen molar-refractivity contribution in [1.82, 2.24) is 0 Å². The molecule has 0 heterocycles. The maximum absolute atomic E-state index is 4.29. The lowest BCUT2D eigenvalue weighted by Crippen LogP contribution is -1.95. The van der Waals surface area contributed by atoms with Crippen LogP contribution in [-0.4, -0.2) is 6.54 Å². The van der Waals surface area contributed by atoms with Crippen molar-refractivity contribution in [2.75, 3.05) is 11.9 Å². The topological polar surface area (TPSA) is 36.8 Å². The fourth-order valence-electron chi connectivity index (χ4n) is 1.62. The first kappa shape index (κ1) is 12.3. The van der Waals surface area contributed by atoms with E-state index in [2.05, 4.69) is 29.4 Å². The highest BCUT2D eigenvalue weighted by Crippen LogP contribution is 2.26. The Morgan fingerprint density at radius 2 is 1.67 bits per heavy atom. The highest BCUT2D eigenvalue weighted by molar-refractivity contribution is 5.64. The summed E-state index contributed by atoms with van der Waals surface area (Å²) in [5.41, 5.74) is 3.96. The molecule has 0 aliphatic carbocycles. The summed E-state index contributed by atoms with van der Waals surface area (Å²) in [5, 5.41) is 11.8.